The lowest BCUT2D eigenvalue weighted by Gasteiger charge is -2.34. The molecule has 2 N–H and O–H groups in total. The lowest BCUT2D eigenvalue weighted by Crippen LogP contribution is -2.46. The van der Waals surface area contributed by atoms with E-state index >= 15 is 0 Å². The highest BCUT2D eigenvalue weighted by Gasteiger charge is 2.37. The molecule has 2 fully saturated rings. The van der Waals surface area contributed by atoms with Gasteiger partial charge in [-0.3, -0.25) is 9.69 Å². The third kappa shape index (κ3) is 3.91. The smallest absolute Gasteiger partial charge is 0.270 e. The average molecular weight is 334 g/mol. The van der Waals surface area contributed by atoms with E-state index in [9.17, 15) is 4.79 Å². The Kier molecular flexibility index (Phi) is 5.43. The number of amides is 1. The SMILES string of the molecule is CC(C)c1nccc(C(=O)N[C@@H]2C[C@H]3CO[C@@H](CCO)CN3C2)n1. The minimum Gasteiger partial charge on any atom is -0.396 e. The normalized spacial score (nSPS) is 27.2. The summed E-state index contributed by atoms with van der Waals surface area (Å²) in [7, 11) is 0. The number of carbonyl (C=O) groups excluding carboxylic acids is 1. The van der Waals surface area contributed by atoms with Crippen molar-refractivity contribution in [1.29, 1.82) is 0 Å². The summed E-state index contributed by atoms with van der Waals surface area (Å²) < 4.78 is 5.78. The van der Waals surface area contributed by atoms with Crippen LogP contribution in [0.1, 0.15) is 48.9 Å². The fourth-order valence-electron chi connectivity index (χ4n) is 3.40. The maximum Gasteiger partial charge on any atom is 0.270 e. The van der Waals surface area contributed by atoms with Crippen LogP contribution in [-0.2, 0) is 4.74 Å². The van der Waals surface area contributed by atoms with E-state index in [1.54, 1.807) is 12.3 Å². The molecule has 0 aromatic carbocycles. The van der Waals surface area contributed by atoms with Gasteiger partial charge in [0.1, 0.15) is 11.5 Å². The van der Waals surface area contributed by atoms with Crippen LogP contribution in [0.3, 0.4) is 0 Å². The molecule has 2 aliphatic heterocycles. The zero-order chi connectivity index (χ0) is 17.1. The topological polar surface area (TPSA) is 87.6 Å². The quantitative estimate of drug-likeness (QED) is 0.818. The molecule has 0 radical (unpaired) electrons. The molecule has 132 valence electrons. The summed E-state index contributed by atoms with van der Waals surface area (Å²) in [6, 6.07) is 2.11. The monoisotopic (exact) mass is 334 g/mol. The van der Waals surface area contributed by atoms with Crippen molar-refractivity contribution in [3.63, 3.8) is 0 Å². The molecule has 0 bridgehead atoms. The Bertz CT molecular complexity index is 581. The number of rotatable bonds is 5. The number of hydrogen-bond acceptors (Lipinski definition) is 6. The Morgan fingerprint density at radius 2 is 2.33 bits per heavy atom. The van der Waals surface area contributed by atoms with Gasteiger partial charge in [0.05, 0.1) is 12.7 Å². The van der Waals surface area contributed by atoms with Crippen LogP contribution in [-0.4, -0.2) is 70.4 Å². The summed E-state index contributed by atoms with van der Waals surface area (Å²) in [5, 5.41) is 12.1. The second-order valence-electron chi connectivity index (χ2n) is 6.94. The van der Waals surface area contributed by atoms with Crippen LogP contribution in [0.15, 0.2) is 12.3 Å². The van der Waals surface area contributed by atoms with Crippen molar-refractivity contribution >= 4 is 5.91 Å². The molecule has 2 aliphatic rings. The molecular formula is C17H26N4O3. The molecule has 3 rings (SSSR count). The number of fused-ring (bicyclic) bond motifs is 1. The molecule has 0 spiro atoms. The number of aliphatic hydroxyl groups is 1. The molecule has 1 aromatic rings. The van der Waals surface area contributed by atoms with E-state index in [1.165, 1.54) is 0 Å². The highest BCUT2D eigenvalue weighted by molar-refractivity contribution is 5.92. The van der Waals surface area contributed by atoms with E-state index in [-0.39, 0.29) is 30.6 Å². The van der Waals surface area contributed by atoms with Gasteiger partial charge in [-0.2, -0.15) is 0 Å². The Labute approximate surface area is 142 Å². The van der Waals surface area contributed by atoms with Crippen LogP contribution in [0.4, 0.5) is 0 Å². The maximum absolute atomic E-state index is 12.5. The van der Waals surface area contributed by atoms with Gasteiger partial charge in [0.15, 0.2) is 0 Å². The summed E-state index contributed by atoms with van der Waals surface area (Å²) in [5.41, 5.74) is 0.424. The van der Waals surface area contributed by atoms with Crippen LogP contribution in [0.25, 0.3) is 0 Å². The van der Waals surface area contributed by atoms with Crippen molar-refractivity contribution in [3.05, 3.63) is 23.8 Å². The number of nitrogens with one attached hydrogen (secondary N) is 1. The fraction of sp³-hybridized carbons (Fsp3) is 0.706. The zero-order valence-electron chi connectivity index (χ0n) is 14.3. The lowest BCUT2D eigenvalue weighted by molar-refractivity contribution is -0.0566. The van der Waals surface area contributed by atoms with E-state index in [1.807, 2.05) is 13.8 Å². The number of morpholine rings is 1. The Morgan fingerprint density at radius 1 is 1.50 bits per heavy atom. The molecule has 24 heavy (non-hydrogen) atoms. The van der Waals surface area contributed by atoms with Gasteiger partial charge in [0.2, 0.25) is 0 Å². The van der Waals surface area contributed by atoms with Gasteiger partial charge in [-0.25, -0.2) is 9.97 Å². The number of carbonyl (C=O) groups is 1. The van der Waals surface area contributed by atoms with Crippen LogP contribution in [0.5, 0.6) is 0 Å². The summed E-state index contributed by atoms with van der Waals surface area (Å²) in [6.07, 6.45) is 3.29. The fourth-order valence-corrected chi connectivity index (χ4v) is 3.40. The van der Waals surface area contributed by atoms with Gasteiger partial charge in [-0.05, 0) is 18.9 Å². The van der Waals surface area contributed by atoms with Gasteiger partial charge in [0, 0.05) is 43.9 Å². The molecule has 2 saturated heterocycles. The molecule has 7 nitrogen and oxygen atoms in total. The largest absolute Gasteiger partial charge is 0.396 e. The summed E-state index contributed by atoms with van der Waals surface area (Å²) in [6.45, 7) is 6.48. The van der Waals surface area contributed by atoms with Gasteiger partial charge in [-0.1, -0.05) is 13.8 Å². The van der Waals surface area contributed by atoms with Crippen molar-refractivity contribution < 1.29 is 14.6 Å². The molecule has 1 aromatic heterocycles. The van der Waals surface area contributed by atoms with Crippen LogP contribution < -0.4 is 5.32 Å². The highest BCUT2D eigenvalue weighted by atomic mass is 16.5. The summed E-state index contributed by atoms with van der Waals surface area (Å²) in [4.78, 5) is 23.4. The molecule has 1 amide bonds. The molecule has 3 heterocycles. The predicted octanol–water partition coefficient (Wildman–Crippen LogP) is 0.554. The molecule has 0 aliphatic carbocycles. The average Bonchev–Trinajstić information content (AvgIpc) is 2.96. The first-order valence-corrected chi connectivity index (χ1v) is 8.67. The number of aromatic nitrogens is 2. The van der Waals surface area contributed by atoms with Gasteiger partial charge < -0.3 is 15.2 Å². The summed E-state index contributed by atoms with van der Waals surface area (Å²) >= 11 is 0. The third-order valence-electron chi connectivity index (χ3n) is 4.70. The van der Waals surface area contributed by atoms with Crippen LogP contribution in [0, 0.1) is 0 Å². The zero-order valence-corrected chi connectivity index (χ0v) is 14.3. The molecule has 3 atom stereocenters. The lowest BCUT2D eigenvalue weighted by atomic mass is 10.1. The molecule has 7 heteroatoms. The Balaban J connectivity index is 1.57. The summed E-state index contributed by atoms with van der Waals surface area (Å²) in [5.74, 6) is 0.738. The van der Waals surface area contributed by atoms with E-state index in [4.69, 9.17) is 9.84 Å². The first kappa shape index (κ1) is 17.3. The van der Waals surface area contributed by atoms with E-state index in [2.05, 4.69) is 20.2 Å². The second kappa shape index (κ2) is 7.55. The molecular weight excluding hydrogens is 308 g/mol. The second-order valence-corrected chi connectivity index (χ2v) is 6.94. The highest BCUT2D eigenvalue weighted by Crippen LogP contribution is 2.24. The minimum atomic E-state index is -0.142. The minimum absolute atomic E-state index is 0.0937. The van der Waals surface area contributed by atoms with E-state index < -0.39 is 0 Å². The van der Waals surface area contributed by atoms with Crippen molar-refractivity contribution in [2.24, 2.45) is 0 Å². The van der Waals surface area contributed by atoms with Gasteiger partial charge in [-0.15, -0.1) is 0 Å². The predicted molar refractivity (Wildman–Crippen MR) is 88.8 cm³/mol. The van der Waals surface area contributed by atoms with Crippen LogP contribution in [0.2, 0.25) is 0 Å². The third-order valence-corrected chi connectivity index (χ3v) is 4.70. The number of hydrogen-bond donors (Lipinski definition) is 2. The van der Waals surface area contributed by atoms with Gasteiger partial charge in [0.25, 0.3) is 5.91 Å². The number of nitrogens with zero attached hydrogens (tertiary/aromatic N) is 3. The van der Waals surface area contributed by atoms with Gasteiger partial charge >= 0.3 is 0 Å². The van der Waals surface area contributed by atoms with Crippen molar-refractivity contribution in [3.8, 4) is 0 Å². The van der Waals surface area contributed by atoms with Crippen molar-refractivity contribution in [2.45, 2.75) is 50.8 Å². The Hall–Kier alpha value is -1.57. The van der Waals surface area contributed by atoms with Crippen molar-refractivity contribution in [2.75, 3.05) is 26.3 Å². The molecule has 0 saturated carbocycles. The standard InChI is InChI=1S/C17H26N4O3/c1-11(2)16-18-5-3-15(20-16)17(23)19-12-7-13-10-24-14(4-6-22)9-21(13)8-12/h3,5,11-14,22H,4,6-10H2,1-2H3,(H,19,23)/t12-,13+,14+/m1/s1. The number of ether oxygens (including phenoxy) is 1. The van der Waals surface area contributed by atoms with Crippen molar-refractivity contribution in [1.82, 2.24) is 20.2 Å². The first-order chi connectivity index (χ1) is 11.6. The van der Waals surface area contributed by atoms with E-state index in [0.29, 0.717) is 30.6 Å². The van der Waals surface area contributed by atoms with Crippen LogP contribution >= 0.6 is 0 Å². The number of aliphatic hydroxyl groups excluding tert-OH is 1. The Morgan fingerprint density at radius 3 is 3.08 bits per heavy atom. The maximum atomic E-state index is 12.5. The van der Waals surface area contributed by atoms with E-state index in [0.717, 1.165) is 19.5 Å². The molecule has 0 unspecified atom stereocenters. The first-order valence-electron chi connectivity index (χ1n) is 8.67.